The van der Waals surface area contributed by atoms with Gasteiger partial charge in [0, 0.05) is 23.8 Å². The van der Waals surface area contributed by atoms with E-state index in [1.54, 1.807) is 36.4 Å². The number of allylic oxidation sites excluding steroid dienone is 1. The summed E-state index contributed by atoms with van der Waals surface area (Å²) < 4.78 is 28.3. The van der Waals surface area contributed by atoms with Crippen molar-refractivity contribution in [2.24, 2.45) is 0 Å². The van der Waals surface area contributed by atoms with Crippen molar-refractivity contribution in [3.8, 4) is 0 Å². The van der Waals surface area contributed by atoms with Gasteiger partial charge in [-0.25, -0.2) is 8.42 Å². The summed E-state index contributed by atoms with van der Waals surface area (Å²) in [7, 11) is -3.33. The lowest BCUT2D eigenvalue weighted by molar-refractivity contribution is -0.137. The Morgan fingerprint density at radius 2 is 1.47 bits per heavy atom. The Balaban J connectivity index is 2.37. The van der Waals surface area contributed by atoms with E-state index < -0.39 is 15.8 Å². The topological polar surface area (TPSA) is 115 Å². The summed E-state index contributed by atoms with van der Waals surface area (Å²) >= 11 is 0. The molecule has 2 aromatic rings. The fourth-order valence-corrected chi connectivity index (χ4v) is 3.50. The number of ether oxygens (including phenoxy) is 1. The number of aliphatic carboxylic acids is 1. The number of carbonyl (C=O) groups is 3. The first-order valence-electron chi connectivity index (χ1n) is 9.04. The molecule has 0 spiro atoms. The lowest BCUT2D eigenvalue weighted by atomic mass is 9.95. The van der Waals surface area contributed by atoms with Crippen LogP contribution in [-0.4, -0.2) is 44.6 Å². The Kier molecular flexibility index (Phi) is 7.66. The van der Waals surface area contributed by atoms with Crippen LogP contribution in [0.25, 0.3) is 11.1 Å². The van der Waals surface area contributed by atoms with Crippen LogP contribution in [0.4, 0.5) is 0 Å². The molecule has 0 saturated heterocycles. The lowest BCUT2D eigenvalue weighted by Crippen LogP contribution is -2.04. The lowest BCUT2D eigenvalue weighted by Gasteiger charge is -2.13. The van der Waals surface area contributed by atoms with Gasteiger partial charge in [-0.05, 0) is 35.8 Å². The molecule has 0 atom stereocenters. The molecule has 2 aromatic carbocycles. The smallest absolute Gasteiger partial charge is 0.303 e. The van der Waals surface area contributed by atoms with Crippen LogP contribution in [0.15, 0.2) is 53.4 Å². The predicted octanol–water partition coefficient (Wildman–Crippen LogP) is 3.24. The van der Waals surface area contributed by atoms with Crippen LogP contribution in [0.2, 0.25) is 0 Å². The van der Waals surface area contributed by atoms with E-state index in [0.717, 1.165) is 17.4 Å². The molecule has 2 rings (SSSR count). The minimum Gasteiger partial charge on any atom is -0.481 e. The summed E-state index contributed by atoms with van der Waals surface area (Å²) in [6.45, 7) is 2.16. The van der Waals surface area contributed by atoms with Gasteiger partial charge in [-0.15, -0.1) is 0 Å². The summed E-state index contributed by atoms with van der Waals surface area (Å²) in [5, 5.41) is 8.70. The van der Waals surface area contributed by atoms with Crippen LogP contribution in [0.5, 0.6) is 0 Å². The third-order valence-corrected chi connectivity index (χ3v) is 5.71. The second-order valence-corrected chi connectivity index (χ2v) is 8.72. The summed E-state index contributed by atoms with van der Waals surface area (Å²) in [5.74, 6) is -1.29. The number of ketones is 1. The van der Waals surface area contributed by atoms with Crippen LogP contribution in [0.3, 0.4) is 0 Å². The molecular formula is C22H22O7S. The SMILES string of the molecule is C/C(=C(\COC=O)c1ccc(S(C)(=O)=O)cc1)c1ccc(C(=O)CCC(=O)O)cc1. The Hall–Kier alpha value is -3.26. The summed E-state index contributed by atoms with van der Waals surface area (Å²) in [5.41, 5.74) is 3.36. The molecule has 0 aliphatic carbocycles. The van der Waals surface area contributed by atoms with Crippen molar-refractivity contribution >= 4 is 39.2 Å². The molecular weight excluding hydrogens is 408 g/mol. The average Bonchev–Trinajstić information content (AvgIpc) is 2.72. The summed E-state index contributed by atoms with van der Waals surface area (Å²) in [4.78, 5) is 33.6. The highest BCUT2D eigenvalue weighted by Crippen LogP contribution is 2.28. The van der Waals surface area contributed by atoms with Gasteiger partial charge in [0.2, 0.25) is 0 Å². The number of hydrogen-bond acceptors (Lipinski definition) is 6. The molecule has 0 fully saturated rings. The highest BCUT2D eigenvalue weighted by Gasteiger charge is 2.13. The van der Waals surface area contributed by atoms with Gasteiger partial charge in [0.1, 0.15) is 6.61 Å². The second-order valence-electron chi connectivity index (χ2n) is 6.70. The zero-order valence-electron chi connectivity index (χ0n) is 16.6. The molecule has 1 N–H and O–H groups in total. The highest BCUT2D eigenvalue weighted by atomic mass is 32.2. The van der Waals surface area contributed by atoms with Gasteiger partial charge in [0.05, 0.1) is 11.3 Å². The van der Waals surface area contributed by atoms with Crippen LogP contribution in [0.1, 0.15) is 41.3 Å². The minimum absolute atomic E-state index is 0.00709. The molecule has 7 nitrogen and oxygen atoms in total. The fraction of sp³-hybridized carbons (Fsp3) is 0.227. The molecule has 0 aliphatic heterocycles. The van der Waals surface area contributed by atoms with Gasteiger partial charge >= 0.3 is 5.97 Å². The molecule has 0 amide bonds. The first kappa shape index (κ1) is 23.0. The minimum atomic E-state index is -3.33. The van der Waals surface area contributed by atoms with Crippen LogP contribution in [-0.2, 0) is 24.2 Å². The number of Topliss-reactive ketones (excluding diaryl/α,β-unsaturated/α-hetero) is 1. The second kappa shape index (κ2) is 9.98. The van der Waals surface area contributed by atoms with Crippen molar-refractivity contribution in [3.63, 3.8) is 0 Å². The monoisotopic (exact) mass is 430 g/mol. The standard InChI is InChI=1S/C22H22O7S/c1-15(16-3-5-18(6-4-16)21(24)11-12-22(25)26)20(13-29-14-23)17-7-9-19(10-8-17)30(2,27)28/h3-10,14H,11-13H2,1-2H3,(H,25,26)/b20-15-. The largest absolute Gasteiger partial charge is 0.481 e. The third kappa shape index (κ3) is 6.12. The number of rotatable bonds is 10. The number of benzene rings is 2. The van der Waals surface area contributed by atoms with Crippen molar-refractivity contribution in [2.45, 2.75) is 24.7 Å². The summed E-state index contributed by atoms with van der Waals surface area (Å²) in [6.07, 6.45) is 0.823. The van der Waals surface area contributed by atoms with Crippen molar-refractivity contribution in [1.29, 1.82) is 0 Å². The van der Waals surface area contributed by atoms with Crippen LogP contribution in [0, 0.1) is 0 Å². The maximum Gasteiger partial charge on any atom is 0.303 e. The molecule has 0 radical (unpaired) electrons. The van der Waals surface area contributed by atoms with Gasteiger partial charge < -0.3 is 9.84 Å². The van der Waals surface area contributed by atoms with Gasteiger partial charge in [-0.2, -0.15) is 0 Å². The maximum atomic E-state index is 12.1. The van der Waals surface area contributed by atoms with E-state index in [9.17, 15) is 22.8 Å². The molecule has 0 bridgehead atoms. The summed E-state index contributed by atoms with van der Waals surface area (Å²) in [6, 6.07) is 13.0. The predicted molar refractivity (Wildman–Crippen MR) is 112 cm³/mol. The van der Waals surface area contributed by atoms with E-state index >= 15 is 0 Å². The normalized spacial score (nSPS) is 12.1. The molecule has 0 saturated carbocycles. The fourth-order valence-electron chi connectivity index (χ4n) is 2.87. The van der Waals surface area contributed by atoms with Crippen molar-refractivity contribution in [1.82, 2.24) is 0 Å². The Morgan fingerprint density at radius 3 is 1.97 bits per heavy atom. The Morgan fingerprint density at radius 1 is 0.933 bits per heavy atom. The number of carboxylic acid groups (broad SMARTS) is 1. The molecule has 0 aliphatic rings. The number of carboxylic acids is 1. The van der Waals surface area contributed by atoms with E-state index in [2.05, 4.69) is 0 Å². The van der Waals surface area contributed by atoms with Crippen molar-refractivity contribution in [3.05, 3.63) is 65.2 Å². The van der Waals surface area contributed by atoms with E-state index in [1.165, 1.54) is 12.1 Å². The van der Waals surface area contributed by atoms with Gasteiger partial charge in [-0.1, -0.05) is 36.4 Å². The van der Waals surface area contributed by atoms with Gasteiger partial charge in [0.25, 0.3) is 6.47 Å². The van der Waals surface area contributed by atoms with Gasteiger partial charge in [0.15, 0.2) is 15.6 Å². The molecule has 30 heavy (non-hydrogen) atoms. The van der Waals surface area contributed by atoms with E-state index in [4.69, 9.17) is 9.84 Å². The molecule has 0 aromatic heterocycles. The molecule has 158 valence electrons. The van der Waals surface area contributed by atoms with Gasteiger partial charge in [-0.3, -0.25) is 14.4 Å². The quantitative estimate of drug-likeness (QED) is 0.349. The van der Waals surface area contributed by atoms with Crippen LogP contribution >= 0.6 is 0 Å². The third-order valence-electron chi connectivity index (χ3n) is 4.59. The molecule has 0 unspecified atom stereocenters. The highest BCUT2D eigenvalue weighted by molar-refractivity contribution is 7.90. The van der Waals surface area contributed by atoms with E-state index in [1.807, 2.05) is 6.92 Å². The van der Waals surface area contributed by atoms with Crippen molar-refractivity contribution in [2.75, 3.05) is 12.9 Å². The first-order valence-corrected chi connectivity index (χ1v) is 10.9. The van der Waals surface area contributed by atoms with E-state index in [-0.39, 0.29) is 30.1 Å². The number of hydrogen-bond donors (Lipinski definition) is 1. The number of sulfone groups is 1. The maximum absolute atomic E-state index is 12.1. The van der Waals surface area contributed by atoms with E-state index in [0.29, 0.717) is 23.2 Å². The zero-order valence-corrected chi connectivity index (χ0v) is 17.4. The first-order chi connectivity index (χ1) is 14.1. The molecule has 0 heterocycles. The van der Waals surface area contributed by atoms with Crippen LogP contribution < -0.4 is 0 Å². The Bertz CT molecular complexity index is 1060. The number of carbonyl (C=O) groups excluding carboxylic acids is 2. The van der Waals surface area contributed by atoms with Crippen molar-refractivity contribution < 1.29 is 32.6 Å². The average molecular weight is 430 g/mol. The zero-order chi connectivity index (χ0) is 22.3. The molecule has 8 heteroatoms. The Labute approximate surface area is 174 Å².